The number of nitrogens with zero attached hydrogens (tertiary/aromatic N) is 1. The molecular formula is C23H23ClFN2O4+. The molecule has 0 bridgehead atoms. The molecule has 2 aliphatic heterocycles. The van der Waals surface area contributed by atoms with E-state index in [4.69, 9.17) is 16.3 Å². The van der Waals surface area contributed by atoms with Crippen LogP contribution in [0.1, 0.15) is 17.2 Å². The van der Waals surface area contributed by atoms with E-state index in [-0.39, 0.29) is 11.3 Å². The minimum absolute atomic E-state index is 0.00379. The van der Waals surface area contributed by atoms with E-state index in [1.165, 1.54) is 34.1 Å². The summed E-state index contributed by atoms with van der Waals surface area (Å²) in [4.78, 5) is 28.6. The second-order valence-electron chi connectivity index (χ2n) is 7.66. The lowest BCUT2D eigenvalue weighted by Gasteiger charge is -2.29. The van der Waals surface area contributed by atoms with E-state index in [0.29, 0.717) is 42.5 Å². The van der Waals surface area contributed by atoms with E-state index in [2.05, 4.69) is 0 Å². The third-order valence-corrected chi connectivity index (χ3v) is 6.00. The fourth-order valence-corrected chi connectivity index (χ4v) is 4.18. The van der Waals surface area contributed by atoms with Gasteiger partial charge in [-0.25, -0.2) is 4.39 Å². The number of Topliss-reactive ketones (excluding diaryl/α,β-unsaturated/α-hetero) is 1. The maximum absolute atomic E-state index is 13.5. The zero-order chi connectivity index (χ0) is 22.0. The molecule has 0 saturated carbocycles. The predicted octanol–water partition coefficient (Wildman–Crippen LogP) is 1.82. The number of nitrogens with one attached hydrogen (secondary N) is 1. The minimum Gasteiger partial charge on any atom is -0.507 e. The van der Waals surface area contributed by atoms with Gasteiger partial charge < -0.3 is 19.6 Å². The van der Waals surface area contributed by atoms with E-state index >= 15 is 0 Å². The summed E-state index contributed by atoms with van der Waals surface area (Å²) in [5.74, 6) is -2.11. The number of benzene rings is 2. The number of hydrogen-bond acceptors (Lipinski definition) is 4. The number of aliphatic hydroxyl groups excluding tert-OH is 1. The Morgan fingerprint density at radius 1 is 1.10 bits per heavy atom. The molecule has 0 aliphatic carbocycles. The molecule has 162 valence electrons. The van der Waals surface area contributed by atoms with Crippen LogP contribution in [0.2, 0.25) is 5.02 Å². The van der Waals surface area contributed by atoms with Crippen LogP contribution in [0.5, 0.6) is 0 Å². The van der Waals surface area contributed by atoms with Gasteiger partial charge in [-0.2, -0.15) is 0 Å². The molecule has 0 spiro atoms. The number of carbonyl (C=O) groups is 2. The van der Waals surface area contributed by atoms with Crippen LogP contribution in [0, 0.1) is 5.82 Å². The smallest absolute Gasteiger partial charge is 0.295 e. The van der Waals surface area contributed by atoms with Crippen LogP contribution in [0.4, 0.5) is 4.39 Å². The Morgan fingerprint density at radius 2 is 1.74 bits per heavy atom. The normalized spacial score (nSPS) is 21.6. The Bertz CT molecular complexity index is 1000. The third-order valence-electron chi connectivity index (χ3n) is 5.75. The van der Waals surface area contributed by atoms with Gasteiger partial charge in [0.2, 0.25) is 0 Å². The van der Waals surface area contributed by atoms with Crippen LogP contribution in [0.3, 0.4) is 0 Å². The Balaban J connectivity index is 1.72. The standard InChI is InChI=1S/C23H22ClFN2O4/c24-17-5-1-16(2-6-17)21(28)19-20(15-3-7-18(25)8-4-15)27(23(30)22(19)29)10-9-26-11-13-31-14-12-26/h1-8,20,28H,9-14H2/p+1/t20-/m1/s1. The number of rotatable bonds is 5. The van der Waals surface area contributed by atoms with Crippen LogP contribution < -0.4 is 4.90 Å². The first-order valence-corrected chi connectivity index (χ1v) is 10.5. The number of likely N-dealkylation sites (tertiary alicyclic amines) is 1. The van der Waals surface area contributed by atoms with Crippen molar-refractivity contribution in [2.45, 2.75) is 6.04 Å². The lowest BCUT2D eigenvalue weighted by molar-refractivity contribution is -0.907. The second-order valence-corrected chi connectivity index (χ2v) is 8.10. The first kappa shape index (κ1) is 21.5. The first-order valence-electron chi connectivity index (χ1n) is 10.2. The molecule has 2 N–H and O–H groups in total. The molecular weight excluding hydrogens is 423 g/mol. The monoisotopic (exact) mass is 445 g/mol. The van der Waals surface area contributed by atoms with Crippen molar-refractivity contribution in [2.75, 3.05) is 39.4 Å². The van der Waals surface area contributed by atoms with E-state index in [0.717, 1.165) is 13.1 Å². The molecule has 2 aliphatic rings. The average molecular weight is 446 g/mol. The number of halogens is 2. The van der Waals surface area contributed by atoms with E-state index in [1.807, 2.05) is 0 Å². The van der Waals surface area contributed by atoms with Gasteiger partial charge in [-0.3, -0.25) is 9.59 Å². The number of quaternary nitrogens is 1. The van der Waals surface area contributed by atoms with Crippen molar-refractivity contribution in [3.8, 4) is 0 Å². The van der Waals surface area contributed by atoms with Gasteiger partial charge >= 0.3 is 0 Å². The molecule has 1 amide bonds. The fraction of sp³-hybridized carbons (Fsp3) is 0.304. The van der Waals surface area contributed by atoms with Crippen LogP contribution in [0.15, 0.2) is 54.1 Å². The number of hydrogen-bond donors (Lipinski definition) is 2. The van der Waals surface area contributed by atoms with Crippen molar-refractivity contribution < 1.29 is 28.7 Å². The number of amides is 1. The largest absolute Gasteiger partial charge is 0.507 e. The van der Waals surface area contributed by atoms with Crippen LogP contribution in [-0.4, -0.2) is 61.1 Å². The van der Waals surface area contributed by atoms with Gasteiger partial charge in [0.05, 0.1) is 37.9 Å². The lowest BCUT2D eigenvalue weighted by atomic mass is 9.95. The molecule has 2 aromatic carbocycles. The number of carbonyl (C=O) groups excluding carboxylic acids is 2. The zero-order valence-corrected chi connectivity index (χ0v) is 17.6. The van der Waals surface area contributed by atoms with E-state index < -0.39 is 23.5 Å². The summed E-state index contributed by atoms with van der Waals surface area (Å²) in [6.45, 7) is 3.96. The van der Waals surface area contributed by atoms with Gasteiger partial charge in [0, 0.05) is 10.6 Å². The summed E-state index contributed by atoms with van der Waals surface area (Å²) in [5, 5.41) is 11.4. The van der Waals surface area contributed by atoms with Crippen molar-refractivity contribution in [3.63, 3.8) is 0 Å². The van der Waals surface area contributed by atoms with Crippen molar-refractivity contribution in [1.82, 2.24) is 4.90 Å². The first-order chi connectivity index (χ1) is 15.0. The maximum Gasteiger partial charge on any atom is 0.295 e. The summed E-state index contributed by atoms with van der Waals surface area (Å²) in [7, 11) is 0. The van der Waals surface area contributed by atoms with Crippen molar-refractivity contribution in [3.05, 3.63) is 76.1 Å². The molecule has 2 fully saturated rings. The summed E-state index contributed by atoms with van der Waals surface area (Å²) in [6, 6.07) is 11.2. The number of aliphatic hydroxyl groups is 1. The highest BCUT2D eigenvalue weighted by atomic mass is 35.5. The molecule has 0 radical (unpaired) electrons. The topological polar surface area (TPSA) is 71.3 Å². The molecule has 2 saturated heterocycles. The van der Waals surface area contributed by atoms with Crippen molar-refractivity contribution in [1.29, 1.82) is 0 Å². The Morgan fingerprint density at radius 3 is 2.39 bits per heavy atom. The second kappa shape index (κ2) is 9.18. The zero-order valence-electron chi connectivity index (χ0n) is 16.8. The van der Waals surface area contributed by atoms with Crippen molar-refractivity contribution in [2.24, 2.45) is 0 Å². The van der Waals surface area contributed by atoms with Gasteiger partial charge in [-0.1, -0.05) is 23.7 Å². The molecule has 1 atom stereocenters. The summed E-state index contributed by atoms with van der Waals surface area (Å²) in [6.07, 6.45) is 0. The molecule has 6 nitrogen and oxygen atoms in total. The van der Waals surface area contributed by atoms with E-state index in [9.17, 15) is 19.1 Å². The Kier molecular flexibility index (Phi) is 6.36. The molecule has 0 unspecified atom stereocenters. The molecule has 8 heteroatoms. The summed E-state index contributed by atoms with van der Waals surface area (Å²) < 4.78 is 18.9. The van der Waals surface area contributed by atoms with Gasteiger partial charge in [0.15, 0.2) is 0 Å². The number of ketones is 1. The van der Waals surface area contributed by atoms with Gasteiger partial charge in [0.25, 0.3) is 11.7 Å². The highest BCUT2D eigenvalue weighted by molar-refractivity contribution is 6.46. The van der Waals surface area contributed by atoms with Crippen LogP contribution >= 0.6 is 11.6 Å². The lowest BCUT2D eigenvalue weighted by Crippen LogP contribution is -3.14. The summed E-state index contributed by atoms with van der Waals surface area (Å²) in [5.41, 5.74) is 0.942. The number of morpholine rings is 1. The molecule has 0 aromatic heterocycles. The van der Waals surface area contributed by atoms with Crippen molar-refractivity contribution >= 4 is 29.1 Å². The SMILES string of the molecule is O=C1C(=O)N(CC[NH+]2CCOCC2)[C@H](c2ccc(F)cc2)C1=C(O)c1ccc(Cl)cc1. The Labute approximate surface area is 184 Å². The predicted molar refractivity (Wildman–Crippen MR) is 113 cm³/mol. The Hall–Kier alpha value is -2.74. The fourth-order valence-electron chi connectivity index (χ4n) is 4.05. The highest BCUT2D eigenvalue weighted by Gasteiger charge is 2.46. The maximum atomic E-state index is 13.5. The molecule has 2 heterocycles. The third kappa shape index (κ3) is 4.49. The molecule has 4 rings (SSSR count). The van der Waals surface area contributed by atoms with Gasteiger partial charge in [0.1, 0.15) is 24.7 Å². The van der Waals surface area contributed by atoms with Gasteiger partial charge in [-0.05, 0) is 42.0 Å². The van der Waals surface area contributed by atoms with Gasteiger partial charge in [-0.15, -0.1) is 0 Å². The minimum atomic E-state index is -0.795. The average Bonchev–Trinajstić information content (AvgIpc) is 3.04. The number of ether oxygens (including phenoxy) is 1. The van der Waals surface area contributed by atoms with Crippen LogP contribution in [-0.2, 0) is 14.3 Å². The van der Waals surface area contributed by atoms with E-state index in [1.54, 1.807) is 24.3 Å². The highest BCUT2D eigenvalue weighted by Crippen LogP contribution is 2.39. The summed E-state index contributed by atoms with van der Waals surface area (Å²) >= 11 is 5.93. The molecule has 31 heavy (non-hydrogen) atoms. The quantitative estimate of drug-likeness (QED) is 0.418. The molecule has 2 aromatic rings. The van der Waals surface area contributed by atoms with Crippen LogP contribution in [0.25, 0.3) is 5.76 Å².